The second-order valence-electron chi connectivity index (χ2n) is 4.75. The van der Waals surface area contributed by atoms with E-state index in [4.69, 9.17) is 4.74 Å². The molecule has 0 aliphatic carbocycles. The van der Waals surface area contributed by atoms with Crippen LogP contribution in [0.5, 0.6) is 5.75 Å². The zero-order chi connectivity index (χ0) is 16.9. The first-order chi connectivity index (χ1) is 11.7. The molecule has 0 aliphatic heterocycles. The summed E-state index contributed by atoms with van der Waals surface area (Å²) >= 11 is 1.05. The van der Waals surface area contributed by atoms with Crippen molar-refractivity contribution >= 4 is 17.7 Å². The quantitative estimate of drug-likeness (QED) is 0.622. The molecule has 0 atom stereocenters. The number of pyridine rings is 1. The van der Waals surface area contributed by atoms with Gasteiger partial charge in [-0.1, -0.05) is 17.8 Å². The first-order valence-corrected chi connectivity index (χ1v) is 8.00. The van der Waals surface area contributed by atoms with Crippen LogP contribution in [0.25, 0.3) is 17.1 Å². The normalized spacial score (nSPS) is 10.5. The van der Waals surface area contributed by atoms with E-state index < -0.39 is 5.97 Å². The molecule has 24 heavy (non-hydrogen) atoms. The minimum absolute atomic E-state index is 0.213. The van der Waals surface area contributed by atoms with Gasteiger partial charge in [0, 0.05) is 29.8 Å². The number of carbonyl (C=O) groups is 1. The molecule has 0 aliphatic rings. The molecule has 0 unspecified atom stereocenters. The minimum Gasteiger partial charge on any atom is -0.549 e. The third-order valence-electron chi connectivity index (χ3n) is 3.18. The number of benzene rings is 1. The molecule has 0 spiro atoms. The minimum atomic E-state index is -1.16. The van der Waals surface area contributed by atoms with Gasteiger partial charge in [-0.05, 0) is 24.3 Å². The standard InChI is InChI=1S/C16H14N4O3S/c1-23-13-6-2-5-12(8-13)20-15(11-4-3-7-17-9-11)18-19-16(20)24-10-14(21)22/h2-9H,10H2,1H3,(H,21,22)/p-1. The average molecular weight is 341 g/mol. The Bertz CT molecular complexity index is 852. The maximum absolute atomic E-state index is 10.8. The molecular formula is C16H13N4O3S-. The molecule has 1 aromatic carbocycles. The lowest BCUT2D eigenvalue weighted by atomic mass is 10.2. The van der Waals surface area contributed by atoms with Gasteiger partial charge in [0.1, 0.15) is 5.75 Å². The monoisotopic (exact) mass is 341 g/mol. The molecule has 0 fully saturated rings. The highest BCUT2D eigenvalue weighted by Gasteiger charge is 2.16. The van der Waals surface area contributed by atoms with E-state index in [1.165, 1.54) is 0 Å². The molecule has 0 N–H and O–H groups in total. The number of carboxylic acids is 1. The molecule has 3 aromatic rings. The molecule has 2 aromatic heterocycles. The molecule has 0 saturated heterocycles. The molecule has 0 saturated carbocycles. The van der Waals surface area contributed by atoms with Crippen LogP contribution in [-0.2, 0) is 4.79 Å². The zero-order valence-corrected chi connectivity index (χ0v) is 13.6. The van der Waals surface area contributed by atoms with Gasteiger partial charge in [0.2, 0.25) is 0 Å². The Kier molecular flexibility index (Phi) is 4.76. The summed E-state index contributed by atoms with van der Waals surface area (Å²) in [5.41, 5.74) is 1.53. The third kappa shape index (κ3) is 3.38. The lowest BCUT2D eigenvalue weighted by Gasteiger charge is -2.11. The maximum Gasteiger partial charge on any atom is 0.196 e. The van der Waals surface area contributed by atoms with E-state index >= 15 is 0 Å². The molecule has 0 radical (unpaired) electrons. The van der Waals surface area contributed by atoms with Gasteiger partial charge in [-0.2, -0.15) is 0 Å². The highest BCUT2D eigenvalue weighted by molar-refractivity contribution is 7.99. The van der Waals surface area contributed by atoms with Crippen LogP contribution in [0, 0.1) is 0 Å². The van der Waals surface area contributed by atoms with Crippen molar-refractivity contribution in [1.29, 1.82) is 0 Å². The largest absolute Gasteiger partial charge is 0.549 e. The number of aliphatic carboxylic acids is 1. The fourth-order valence-electron chi connectivity index (χ4n) is 2.15. The van der Waals surface area contributed by atoms with Crippen molar-refractivity contribution in [3.63, 3.8) is 0 Å². The SMILES string of the molecule is COc1cccc(-n2c(SCC(=O)[O-])nnc2-c2cccnc2)c1. The summed E-state index contributed by atoms with van der Waals surface area (Å²) < 4.78 is 7.03. The smallest absolute Gasteiger partial charge is 0.196 e. The van der Waals surface area contributed by atoms with E-state index in [9.17, 15) is 9.90 Å². The number of ether oxygens (including phenoxy) is 1. The van der Waals surface area contributed by atoms with Crippen LogP contribution in [0.1, 0.15) is 0 Å². The van der Waals surface area contributed by atoms with Crippen LogP contribution in [-0.4, -0.2) is 38.6 Å². The van der Waals surface area contributed by atoms with Gasteiger partial charge in [0.25, 0.3) is 0 Å². The van der Waals surface area contributed by atoms with Crippen molar-refractivity contribution in [1.82, 2.24) is 19.7 Å². The van der Waals surface area contributed by atoms with E-state index in [1.807, 2.05) is 30.3 Å². The molecule has 0 bridgehead atoms. The van der Waals surface area contributed by atoms with E-state index in [0.29, 0.717) is 16.7 Å². The van der Waals surface area contributed by atoms with Crippen molar-refractivity contribution in [2.24, 2.45) is 0 Å². The second-order valence-corrected chi connectivity index (χ2v) is 5.69. The van der Waals surface area contributed by atoms with Crippen molar-refractivity contribution in [3.8, 4) is 22.8 Å². The van der Waals surface area contributed by atoms with Gasteiger partial charge >= 0.3 is 0 Å². The number of rotatable bonds is 6. The highest BCUT2D eigenvalue weighted by Crippen LogP contribution is 2.28. The zero-order valence-electron chi connectivity index (χ0n) is 12.7. The Balaban J connectivity index is 2.11. The topological polar surface area (TPSA) is 93.0 Å². The molecule has 2 heterocycles. The van der Waals surface area contributed by atoms with Gasteiger partial charge in [-0.25, -0.2) is 0 Å². The second kappa shape index (κ2) is 7.14. The maximum atomic E-state index is 10.8. The number of hydrogen-bond acceptors (Lipinski definition) is 7. The lowest BCUT2D eigenvalue weighted by molar-refractivity contribution is -0.301. The van der Waals surface area contributed by atoms with Crippen molar-refractivity contribution in [2.75, 3.05) is 12.9 Å². The van der Waals surface area contributed by atoms with Gasteiger partial charge < -0.3 is 14.6 Å². The molecule has 8 heteroatoms. The third-order valence-corrected chi connectivity index (χ3v) is 4.09. The average Bonchev–Trinajstić information content (AvgIpc) is 3.04. The van der Waals surface area contributed by atoms with Crippen molar-refractivity contribution < 1.29 is 14.6 Å². The predicted octanol–water partition coefficient (Wildman–Crippen LogP) is 1.18. The first kappa shape index (κ1) is 16.0. The number of nitrogens with zero attached hydrogens (tertiary/aromatic N) is 4. The number of hydrogen-bond donors (Lipinski definition) is 0. The van der Waals surface area contributed by atoms with Crippen molar-refractivity contribution in [3.05, 3.63) is 48.8 Å². The summed E-state index contributed by atoms with van der Waals surface area (Å²) in [5, 5.41) is 19.5. The van der Waals surface area contributed by atoms with Gasteiger partial charge in [0.15, 0.2) is 11.0 Å². The number of aromatic nitrogens is 4. The van der Waals surface area contributed by atoms with Crippen LogP contribution in [0.3, 0.4) is 0 Å². The van der Waals surface area contributed by atoms with E-state index in [0.717, 1.165) is 23.0 Å². The van der Waals surface area contributed by atoms with E-state index in [-0.39, 0.29) is 5.75 Å². The Labute approximate surface area is 142 Å². The summed E-state index contributed by atoms with van der Waals surface area (Å²) in [5.74, 6) is -0.135. The Morgan fingerprint density at radius 2 is 2.17 bits per heavy atom. The highest BCUT2D eigenvalue weighted by atomic mass is 32.2. The van der Waals surface area contributed by atoms with E-state index in [2.05, 4.69) is 15.2 Å². The van der Waals surface area contributed by atoms with Gasteiger partial charge in [0.05, 0.1) is 18.8 Å². The van der Waals surface area contributed by atoms with Crippen LogP contribution >= 0.6 is 11.8 Å². The molecular weight excluding hydrogens is 328 g/mol. The van der Waals surface area contributed by atoms with Crippen LogP contribution in [0.15, 0.2) is 53.9 Å². The summed E-state index contributed by atoms with van der Waals surface area (Å²) in [6, 6.07) is 11.0. The lowest BCUT2D eigenvalue weighted by Crippen LogP contribution is -2.24. The van der Waals surface area contributed by atoms with Crippen LogP contribution in [0.4, 0.5) is 0 Å². The summed E-state index contributed by atoms with van der Waals surface area (Å²) in [7, 11) is 1.58. The molecule has 7 nitrogen and oxygen atoms in total. The number of carboxylic acid groups (broad SMARTS) is 1. The fourth-order valence-corrected chi connectivity index (χ4v) is 2.82. The van der Waals surface area contributed by atoms with Gasteiger partial charge in [-0.3, -0.25) is 9.55 Å². The Morgan fingerprint density at radius 1 is 1.29 bits per heavy atom. The number of methoxy groups -OCH3 is 1. The Hall–Kier alpha value is -2.87. The summed E-state index contributed by atoms with van der Waals surface area (Å²) in [6.07, 6.45) is 3.34. The van der Waals surface area contributed by atoms with Crippen LogP contribution in [0.2, 0.25) is 0 Å². The summed E-state index contributed by atoms with van der Waals surface area (Å²) in [6.45, 7) is 0. The summed E-state index contributed by atoms with van der Waals surface area (Å²) in [4.78, 5) is 14.9. The number of thioether (sulfide) groups is 1. The van der Waals surface area contributed by atoms with Crippen molar-refractivity contribution in [2.45, 2.75) is 5.16 Å². The van der Waals surface area contributed by atoms with E-state index in [1.54, 1.807) is 30.1 Å². The van der Waals surface area contributed by atoms with Crippen LogP contribution < -0.4 is 9.84 Å². The molecule has 0 amide bonds. The molecule has 122 valence electrons. The Morgan fingerprint density at radius 3 is 2.88 bits per heavy atom. The van der Waals surface area contributed by atoms with Gasteiger partial charge in [-0.15, -0.1) is 10.2 Å². The molecule has 3 rings (SSSR count). The fraction of sp³-hybridized carbons (Fsp3) is 0.125. The predicted molar refractivity (Wildman–Crippen MR) is 86.9 cm³/mol. The number of carbonyl (C=O) groups excluding carboxylic acids is 1. The first-order valence-electron chi connectivity index (χ1n) is 7.02.